The molecule has 1 aliphatic heterocycles. The first-order chi connectivity index (χ1) is 10.7. The molecule has 1 atom stereocenters. The van der Waals surface area contributed by atoms with Gasteiger partial charge in [0.15, 0.2) is 0 Å². The molecule has 22 heavy (non-hydrogen) atoms. The summed E-state index contributed by atoms with van der Waals surface area (Å²) in [6.07, 6.45) is 7.74. The largest absolute Gasteiger partial charge is 0.500 e. The highest BCUT2D eigenvalue weighted by Gasteiger charge is 2.07. The van der Waals surface area contributed by atoms with E-state index in [9.17, 15) is 9.59 Å². The lowest BCUT2D eigenvalue weighted by Gasteiger charge is -2.01. The zero-order valence-electron chi connectivity index (χ0n) is 11.6. The molecule has 2 amide bonds. The van der Waals surface area contributed by atoms with Gasteiger partial charge in [-0.05, 0) is 29.8 Å². The highest BCUT2D eigenvalue weighted by atomic mass is 16.5. The summed E-state index contributed by atoms with van der Waals surface area (Å²) in [5.74, 6) is -0.880. The zero-order valence-corrected chi connectivity index (χ0v) is 11.6. The predicted molar refractivity (Wildman–Crippen MR) is 79.9 cm³/mol. The maximum atomic E-state index is 11.9. The fourth-order valence-electron chi connectivity index (χ4n) is 1.68. The Hall–Kier alpha value is -2.93. The summed E-state index contributed by atoms with van der Waals surface area (Å²) in [7, 11) is 0. The van der Waals surface area contributed by atoms with E-state index in [1.54, 1.807) is 36.7 Å². The minimum atomic E-state index is -0.624. The number of nitrogens with one attached hydrogen (secondary N) is 2. The predicted octanol–water partition coefficient (Wildman–Crippen LogP) is 1.08. The average Bonchev–Trinajstić information content (AvgIpc) is 3.06. The Morgan fingerprint density at radius 2 is 2.09 bits per heavy atom. The molecule has 7 nitrogen and oxygen atoms in total. The number of hydroxylamine groups is 1. The molecule has 0 aromatic heterocycles. The molecule has 7 heteroatoms. The smallest absolute Gasteiger partial charge is 0.271 e. The Balaban J connectivity index is 1.89. The van der Waals surface area contributed by atoms with Gasteiger partial charge in [-0.2, -0.15) is 5.10 Å². The van der Waals surface area contributed by atoms with E-state index in [2.05, 4.69) is 10.5 Å². The van der Waals surface area contributed by atoms with Gasteiger partial charge in [0, 0.05) is 17.9 Å². The molecule has 114 valence electrons. The Bertz CT molecular complexity index is 620. The molecule has 0 saturated heterocycles. The van der Waals surface area contributed by atoms with Crippen LogP contribution in [0.3, 0.4) is 0 Å². The normalized spacial score (nSPS) is 16.9. The van der Waals surface area contributed by atoms with Crippen LogP contribution in [0.15, 0.2) is 47.8 Å². The first kappa shape index (κ1) is 15.5. The van der Waals surface area contributed by atoms with Crippen LogP contribution in [0.1, 0.15) is 15.9 Å². The number of hydrogen-bond acceptors (Lipinski definition) is 5. The molecule has 0 saturated carbocycles. The van der Waals surface area contributed by atoms with E-state index in [1.807, 2.05) is 6.08 Å². The highest BCUT2D eigenvalue weighted by Crippen LogP contribution is 2.07. The van der Waals surface area contributed by atoms with Crippen molar-refractivity contribution in [1.82, 2.24) is 10.9 Å². The SMILES string of the molecule is O=C(/C=C/c1ccc(C(=O)N/N=C/C2C=COC2)cc1)NO. The summed E-state index contributed by atoms with van der Waals surface area (Å²) in [4.78, 5) is 22.7. The maximum Gasteiger partial charge on any atom is 0.271 e. The molecule has 1 aliphatic rings. The van der Waals surface area contributed by atoms with Gasteiger partial charge in [0.1, 0.15) is 0 Å². The van der Waals surface area contributed by atoms with Crippen LogP contribution in [0, 0.1) is 5.92 Å². The van der Waals surface area contributed by atoms with E-state index in [1.165, 1.54) is 17.6 Å². The number of ether oxygens (including phenoxy) is 1. The summed E-state index contributed by atoms with van der Waals surface area (Å²) in [5, 5.41) is 12.2. The Morgan fingerprint density at radius 3 is 2.73 bits per heavy atom. The third-order valence-corrected chi connectivity index (χ3v) is 2.85. The highest BCUT2D eigenvalue weighted by molar-refractivity contribution is 5.95. The van der Waals surface area contributed by atoms with Crippen molar-refractivity contribution in [3.05, 3.63) is 53.8 Å². The van der Waals surface area contributed by atoms with Gasteiger partial charge < -0.3 is 4.74 Å². The summed E-state index contributed by atoms with van der Waals surface area (Å²) in [6, 6.07) is 6.57. The van der Waals surface area contributed by atoms with Crippen molar-refractivity contribution in [2.45, 2.75) is 0 Å². The Morgan fingerprint density at radius 1 is 1.32 bits per heavy atom. The van der Waals surface area contributed by atoms with Crippen LogP contribution < -0.4 is 10.9 Å². The van der Waals surface area contributed by atoms with Crippen LogP contribution in [0.4, 0.5) is 0 Å². The number of hydrazone groups is 1. The van der Waals surface area contributed by atoms with E-state index in [0.717, 1.165) is 5.56 Å². The zero-order chi connectivity index (χ0) is 15.8. The van der Waals surface area contributed by atoms with Gasteiger partial charge in [0.05, 0.1) is 18.8 Å². The van der Waals surface area contributed by atoms with Gasteiger partial charge in [-0.25, -0.2) is 10.9 Å². The molecular weight excluding hydrogens is 286 g/mol. The number of nitrogens with zero attached hydrogens (tertiary/aromatic N) is 1. The Labute approximate surface area is 126 Å². The molecule has 0 fully saturated rings. The van der Waals surface area contributed by atoms with Crippen molar-refractivity contribution in [3.8, 4) is 0 Å². The quantitative estimate of drug-likeness (QED) is 0.328. The molecule has 1 aromatic rings. The number of carbonyl (C=O) groups excluding carboxylic acids is 2. The lowest BCUT2D eigenvalue weighted by molar-refractivity contribution is -0.124. The van der Waals surface area contributed by atoms with Gasteiger partial charge in [0.25, 0.3) is 11.8 Å². The summed E-state index contributed by atoms with van der Waals surface area (Å²) in [5.41, 5.74) is 5.09. The second-order valence-corrected chi connectivity index (χ2v) is 4.48. The van der Waals surface area contributed by atoms with Gasteiger partial charge in [0.2, 0.25) is 0 Å². The lowest BCUT2D eigenvalue weighted by atomic mass is 10.1. The molecular formula is C15H15N3O4. The number of carbonyl (C=O) groups is 2. The number of amides is 2. The van der Waals surface area contributed by atoms with Crippen LogP contribution >= 0.6 is 0 Å². The number of hydrogen-bond donors (Lipinski definition) is 3. The first-order valence-electron chi connectivity index (χ1n) is 6.53. The van der Waals surface area contributed by atoms with Crippen LogP contribution in [0.5, 0.6) is 0 Å². The van der Waals surface area contributed by atoms with Gasteiger partial charge in [-0.15, -0.1) is 0 Å². The third-order valence-electron chi connectivity index (χ3n) is 2.85. The third kappa shape index (κ3) is 4.57. The van der Waals surface area contributed by atoms with Crippen molar-refractivity contribution >= 4 is 24.1 Å². The van der Waals surface area contributed by atoms with E-state index in [0.29, 0.717) is 12.2 Å². The fraction of sp³-hybridized carbons (Fsp3) is 0.133. The average molecular weight is 301 g/mol. The molecule has 1 aromatic carbocycles. The van der Waals surface area contributed by atoms with E-state index < -0.39 is 5.91 Å². The minimum absolute atomic E-state index is 0.0745. The monoisotopic (exact) mass is 301 g/mol. The molecule has 0 radical (unpaired) electrons. The fourth-order valence-corrected chi connectivity index (χ4v) is 1.68. The number of benzene rings is 1. The van der Waals surface area contributed by atoms with Crippen molar-refractivity contribution in [2.75, 3.05) is 6.61 Å². The van der Waals surface area contributed by atoms with Gasteiger partial charge in [-0.1, -0.05) is 12.1 Å². The lowest BCUT2D eigenvalue weighted by Crippen LogP contribution is -2.18. The van der Waals surface area contributed by atoms with Crippen molar-refractivity contribution < 1.29 is 19.5 Å². The molecule has 3 N–H and O–H groups in total. The van der Waals surface area contributed by atoms with Crippen LogP contribution in [-0.2, 0) is 9.53 Å². The minimum Gasteiger partial charge on any atom is -0.500 e. The van der Waals surface area contributed by atoms with Crippen molar-refractivity contribution in [3.63, 3.8) is 0 Å². The van der Waals surface area contributed by atoms with Gasteiger partial charge >= 0.3 is 0 Å². The molecule has 0 bridgehead atoms. The summed E-state index contributed by atoms with van der Waals surface area (Å²) >= 11 is 0. The standard InChI is InChI=1S/C15H15N3O4/c19-14(18-21)6-3-11-1-4-13(5-2-11)15(20)17-16-9-12-7-8-22-10-12/h1-9,12,21H,10H2,(H,17,20)(H,18,19)/b6-3+,16-9+. The molecule has 1 heterocycles. The molecule has 2 rings (SSSR count). The van der Waals surface area contributed by atoms with Crippen LogP contribution in [0.2, 0.25) is 0 Å². The molecule has 0 spiro atoms. The van der Waals surface area contributed by atoms with E-state index in [4.69, 9.17) is 9.94 Å². The Kier molecular flexibility index (Phi) is 5.44. The van der Waals surface area contributed by atoms with Gasteiger partial charge in [-0.3, -0.25) is 14.8 Å². The maximum absolute atomic E-state index is 11.9. The van der Waals surface area contributed by atoms with Crippen molar-refractivity contribution in [2.24, 2.45) is 11.0 Å². The van der Waals surface area contributed by atoms with Crippen LogP contribution in [-0.4, -0.2) is 29.8 Å². The molecule has 0 aliphatic carbocycles. The van der Waals surface area contributed by atoms with E-state index >= 15 is 0 Å². The second kappa shape index (κ2) is 7.75. The van der Waals surface area contributed by atoms with Crippen LogP contribution in [0.25, 0.3) is 6.08 Å². The summed E-state index contributed by atoms with van der Waals surface area (Å²) in [6.45, 7) is 0.530. The second-order valence-electron chi connectivity index (χ2n) is 4.48. The number of rotatable bonds is 5. The summed E-state index contributed by atoms with van der Waals surface area (Å²) < 4.78 is 5.03. The first-order valence-corrected chi connectivity index (χ1v) is 6.53. The van der Waals surface area contributed by atoms with Crippen molar-refractivity contribution in [1.29, 1.82) is 0 Å². The topological polar surface area (TPSA) is 100 Å². The van der Waals surface area contributed by atoms with E-state index in [-0.39, 0.29) is 11.8 Å². The molecule has 1 unspecified atom stereocenters.